The molecule has 3 aromatic heterocycles. The van der Waals surface area contributed by atoms with Gasteiger partial charge >= 0.3 is 5.69 Å². The number of pyridine rings is 1. The predicted octanol–water partition coefficient (Wildman–Crippen LogP) is 3.76. The van der Waals surface area contributed by atoms with Gasteiger partial charge in [-0.3, -0.25) is 19.1 Å². The maximum absolute atomic E-state index is 13.4. The Labute approximate surface area is 205 Å². The number of carbonyl (C=O) groups excluding carboxylic acids is 1. The van der Waals surface area contributed by atoms with Crippen molar-refractivity contribution < 1.29 is 4.79 Å². The SMILES string of the molecule is CC(C)Cn1c(=O)[nH]c(=O)c2c(C(=O)Nc3ccc(Sc4nccn4C)cc3)cc(C3CC3)nc21. The van der Waals surface area contributed by atoms with Gasteiger partial charge in [-0.1, -0.05) is 25.6 Å². The van der Waals surface area contributed by atoms with E-state index in [1.54, 1.807) is 12.3 Å². The zero-order valence-corrected chi connectivity index (χ0v) is 20.6. The predicted molar refractivity (Wildman–Crippen MR) is 135 cm³/mol. The molecule has 1 aromatic carbocycles. The Balaban J connectivity index is 1.50. The van der Waals surface area contributed by atoms with Crippen LogP contribution in [0.5, 0.6) is 0 Å². The highest BCUT2D eigenvalue weighted by Crippen LogP contribution is 2.40. The second-order valence-electron chi connectivity index (χ2n) is 9.23. The molecule has 3 heterocycles. The number of aromatic nitrogens is 5. The number of anilines is 1. The third-order valence-corrected chi connectivity index (χ3v) is 6.94. The summed E-state index contributed by atoms with van der Waals surface area (Å²) in [6.45, 7) is 4.36. The van der Waals surface area contributed by atoms with Crippen molar-refractivity contribution in [2.45, 2.75) is 49.2 Å². The van der Waals surface area contributed by atoms with Crippen molar-refractivity contribution in [2.24, 2.45) is 13.0 Å². The van der Waals surface area contributed by atoms with E-state index in [1.807, 2.05) is 55.9 Å². The van der Waals surface area contributed by atoms with Gasteiger partial charge in [0.1, 0.15) is 0 Å². The molecule has 0 aliphatic heterocycles. The fraction of sp³-hybridized carbons (Fsp3) is 0.320. The van der Waals surface area contributed by atoms with Gasteiger partial charge in [0.15, 0.2) is 10.8 Å². The van der Waals surface area contributed by atoms with E-state index in [1.165, 1.54) is 16.3 Å². The Morgan fingerprint density at radius 3 is 2.60 bits per heavy atom. The Morgan fingerprint density at radius 2 is 1.97 bits per heavy atom. The minimum atomic E-state index is -0.605. The number of nitrogens with one attached hydrogen (secondary N) is 2. The van der Waals surface area contributed by atoms with Gasteiger partial charge in [0.25, 0.3) is 11.5 Å². The Bertz CT molecular complexity index is 1530. The number of imidazole rings is 1. The molecule has 0 atom stereocenters. The summed E-state index contributed by atoms with van der Waals surface area (Å²) in [4.78, 5) is 51.1. The first-order valence-electron chi connectivity index (χ1n) is 11.5. The first-order chi connectivity index (χ1) is 16.8. The molecule has 10 heteroatoms. The van der Waals surface area contributed by atoms with E-state index in [9.17, 15) is 14.4 Å². The molecule has 9 nitrogen and oxygen atoms in total. The first-order valence-corrected chi connectivity index (χ1v) is 12.4. The van der Waals surface area contributed by atoms with E-state index < -0.39 is 17.2 Å². The summed E-state index contributed by atoms with van der Waals surface area (Å²) < 4.78 is 3.40. The normalized spacial score (nSPS) is 13.5. The molecule has 35 heavy (non-hydrogen) atoms. The summed E-state index contributed by atoms with van der Waals surface area (Å²) in [6, 6.07) is 9.13. The van der Waals surface area contributed by atoms with E-state index in [4.69, 9.17) is 0 Å². The van der Waals surface area contributed by atoms with Crippen molar-refractivity contribution in [3.8, 4) is 0 Å². The van der Waals surface area contributed by atoms with Crippen LogP contribution in [0.25, 0.3) is 11.0 Å². The number of carbonyl (C=O) groups is 1. The number of aryl methyl sites for hydroxylation is 1. The summed E-state index contributed by atoms with van der Waals surface area (Å²) in [5.41, 5.74) is 0.720. The Hall–Kier alpha value is -3.66. The number of benzene rings is 1. The third kappa shape index (κ3) is 4.79. The van der Waals surface area contributed by atoms with Gasteiger partial charge in [-0.05, 0) is 49.1 Å². The van der Waals surface area contributed by atoms with Crippen LogP contribution in [0.4, 0.5) is 5.69 Å². The van der Waals surface area contributed by atoms with Crippen LogP contribution >= 0.6 is 11.8 Å². The monoisotopic (exact) mass is 490 g/mol. The topological polar surface area (TPSA) is 115 Å². The van der Waals surface area contributed by atoms with Crippen LogP contribution in [0.2, 0.25) is 0 Å². The van der Waals surface area contributed by atoms with Crippen LogP contribution in [-0.2, 0) is 13.6 Å². The van der Waals surface area contributed by atoms with Crippen molar-refractivity contribution in [1.29, 1.82) is 0 Å². The molecule has 0 radical (unpaired) electrons. The maximum atomic E-state index is 13.4. The Morgan fingerprint density at radius 1 is 1.23 bits per heavy atom. The molecule has 1 saturated carbocycles. The molecule has 0 saturated heterocycles. The lowest BCUT2D eigenvalue weighted by Gasteiger charge is -2.15. The van der Waals surface area contributed by atoms with Gasteiger partial charge in [-0.2, -0.15) is 0 Å². The van der Waals surface area contributed by atoms with Crippen LogP contribution in [0.3, 0.4) is 0 Å². The summed E-state index contributed by atoms with van der Waals surface area (Å²) >= 11 is 1.52. The van der Waals surface area contributed by atoms with E-state index >= 15 is 0 Å². The third-order valence-electron chi connectivity index (χ3n) is 5.85. The number of aromatic amines is 1. The number of nitrogens with zero attached hydrogens (tertiary/aromatic N) is 4. The van der Waals surface area contributed by atoms with Crippen molar-refractivity contribution in [3.05, 3.63) is 74.8 Å². The highest BCUT2D eigenvalue weighted by Gasteiger charge is 2.29. The summed E-state index contributed by atoms with van der Waals surface area (Å²) in [5.74, 6) is -0.00747. The van der Waals surface area contributed by atoms with Crippen LogP contribution < -0.4 is 16.6 Å². The zero-order chi connectivity index (χ0) is 24.7. The molecule has 4 aromatic rings. The van der Waals surface area contributed by atoms with Gasteiger partial charge < -0.3 is 9.88 Å². The summed E-state index contributed by atoms with van der Waals surface area (Å²) in [7, 11) is 1.93. The molecule has 1 fully saturated rings. The van der Waals surface area contributed by atoms with Crippen LogP contribution in [0, 0.1) is 5.92 Å². The highest BCUT2D eigenvalue weighted by molar-refractivity contribution is 7.99. The van der Waals surface area contributed by atoms with Crippen molar-refractivity contribution in [3.63, 3.8) is 0 Å². The molecule has 180 valence electrons. The second kappa shape index (κ2) is 9.18. The fourth-order valence-corrected chi connectivity index (χ4v) is 4.76. The molecule has 0 spiro atoms. The lowest BCUT2D eigenvalue weighted by atomic mass is 10.1. The van der Waals surface area contributed by atoms with Crippen molar-refractivity contribution in [1.82, 2.24) is 24.1 Å². The fourth-order valence-electron chi connectivity index (χ4n) is 3.96. The molecule has 1 aliphatic carbocycles. The number of H-pyrrole nitrogens is 1. The highest BCUT2D eigenvalue weighted by atomic mass is 32.2. The van der Waals surface area contributed by atoms with E-state index in [0.29, 0.717) is 12.2 Å². The van der Waals surface area contributed by atoms with Gasteiger partial charge in [0, 0.05) is 48.2 Å². The number of hydrogen-bond donors (Lipinski definition) is 2. The van der Waals surface area contributed by atoms with Gasteiger partial charge in [-0.15, -0.1) is 0 Å². The molecular weight excluding hydrogens is 464 g/mol. The van der Waals surface area contributed by atoms with Crippen LogP contribution in [0.15, 0.2) is 62.4 Å². The molecule has 0 unspecified atom stereocenters. The molecule has 0 bridgehead atoms. The quantitative estimate of drug-likeness (QED) is 0.408. The number of fused-ring (bicyclic) bond motifs is 1. The first kappa shape index (κ1) is 23.1. The lowest BCUT2D eigenvalue weighted by molar-refractivity contribution is 0.102. The van der Waals surface area contributed by atoms with Gasteiger partial charge in [0.05, 0.1) is 10.9 Å². The number of rotatable bonds is 7. The Kier molecular flexibility index (Phi) is 6.06. The zero-order valence-electron chi connectivity index (χ0n) is 19.7. The molecule has 1 aliphatic rings. The van der Waals surface area contributed by atoms with Crippen molar-refractivity contribution in [2.75, 3.05) is 5.32 Å². The smallest absolute Gasteiger partial charge is 0.329 e. The number of hydrogen-bond acceptors (Lipinski definition) is 6. The summed E-state index contributed by atoms with van der Waals surface area (Å²) in [5, 5.41) is 3.90. The second-order valence-corrected chi connectivity index (χ2v) is 10.3. The summed E-state index contributed by atoms with van der Waals surface area (Å²) in [6.07, 6.45) is 5.58. The molecule has 1 amide bonds. The maximum Gasteiger partial charge on any atom is 0.330 e. The average Bonchev–Trinajstić information content (AvgIpc) is 3.60. The van der Waals surface area contributed by atoms with Crippen LogP contribution in [-0.4, -0.2) is 30.0 Å². The molecule has 5 rings (SSSR count). The van der Waals surface area contributed by atoms with E-state index in [-0.39, 0.29) is 28.4 Å². The van der Waals surface area contributed by atoms with E-state index in [2.05, 4.69) is 20.3 Å². The van der Waals surface area contributed by atoms with Gasteiger partial charge in [-0.25, -0.2) is 14.8 Å². The standard InChI is InChI=1S/C25H26N6O3S/c1-14(2)13-31-21-20(23(33)29-24(31)34)18(12-19(28-21)15-4-5-15)22(32)27-16-6-8-17(9-7-16)35-25-26-10-11-30(25)3/h6-12,14-15H,4-5,13H2,1-3H3,(H,27,32)(H,29,33,34). The van der Waals surface area contributed by atoms with Gasteiger partial charge in [0.2, 0.25) is 0 Å². The number of amides is 1. The minimum absolute atomic E-state index is 0.133. The largest absolute Gasteiger partial charge is 0.330 e. The van der Waals surface area contributed by atoms with E-state index in [0.717, 1.165) is 28.6 Å². The van der Waals surface area contributed by atoms with Crippen molar-refractivity contribution >= 4 is 34.4 Å². The molecule has 2 N–H and O–H groups in total. The minimum Gasteiger partial charge on any atom is -0.329 e. The molecular formula is C25H26N6O3S. The lowest BCUT2D eigenvalue weighted by Crippen LogP contribution is -2.33. The average molecular weight is 491 g/mol. The van der Waals surface area contributed by atoms with Crippen LogP contribution in [0.1, 0.15) is 48.7 Å².